The molecule has 1 aromatic heterocycles. The van der Waals surface area contributed by atoms with E-state index in [0.717, 1.165) is 32.1 Å². The van der Waals surface area contributed by atoms with Crippen LogP contribution >= 0.6 is 0 Å². The molecular weight excluding hydrogens is 771 g/mol. The number of hydrogen-bond acceptors (Lipinski definition) is 0. The van der Waals surface area contributed by atoms with E-state index in [-0.39, 0.29) is 5.92 Å². The highest BCUT2D eigenvalue weighted by atomic mass is 15.0. The van der Waals surface area contributed by atoms with Crippen molar-refractivity contribution in [1.29, 1.82) is 0 Å². The lowest BCUT2D eigenvalue weighted by atomic mass is 9.75. The second-order valence-corrected chi connectivity index (χ2v) is 18.7. The molecule has 3 aliphatic carbocycles. The third-order valence-electron chi connectivity index (χ3n) is 15.1. The highest BCUT2D eigenvalue weighted by Gasteiger charge is 2.29. The van der Waals surface area contributed by atoms with Crippen molar-refractivity contribution in [3.63, 3.8) is 0 Å². The topological polar surface area (TPSA) is 4.93 Å². The second-order valence-electron chi connectivity index (χ2n) is 18.7. The van der Waals surface area contributed by atoms with Crippen molar-refractivity contribution < 1.29 is 0 Å². The van der Waals surface area contributed by atoms with E-state index < -0.39 is 0 Å². The first-order valence-electron chi connectivity index (χ1n) is 23.6. The standard InChI is InChI=1S/C63H53N/c1-41-30-34-57(62(45-19-5-3-6-20-45)42(2)29-31-43-17-9-11-23-48(41)43)56-38-37-55(50-25-13-14-26-51(50)56)54-35-33-46-39-61-60(40-59(46)53-28-16-15-27-52(53)54)58-36-32-44-18-10-12-24-49(44)63(58)64(61)47-21-7-4-8-22-47/h3-28,31-32,36-42,48,54H,29-30,33-35H2,1-2H3/b43-31+,62-57?/t41-,42?,48?,54?/m1/s1. The molecule has 8 aromatic carbocycles. The van der Waals surface area contributed by atoms with Crippen molar-refractivity contribution >= 4 is 54.5 Å². The fraction of sp³-hybridized carbons (Fsp3) is 0.175. The number of para-hydroxylation sites is 1. The summed E-state index contributed by atoms with van der Waals surface area (Å²) in [4.78, 5) is 0. The van der Waals surface area contributed by atoms with E-state index in [9.17, 15) is 0 Å². The zero-order valence-corrected chi connectivity index (χ0v) is 36.8. The first-order valence-corrected chi connectivity index (χ1v) is 23.6. The van der Waals surface area contributed by atoms with Crippen molar-refractivity contribution in [2.75, 3.05) is 0 Å². The van der Waals surface area contributed by atoms with Crippen LogP contribution in [0.3, 0.4) is 0 Å². The molecular formula is C63H53N. The van der Waals surface area contributed by atoms with Gasteiger partial charge in [-0.1, -0.05) is 190 Å². The molecule has 0 N–H and O–H groups in total. The van der Waals surface area contributed by atoms with Crippen LogP contribution in [0, 0.1) is 17.8 Å². The Kier molecular flexibility index (Phi) is 9.67. The van der Waals surface area contributed by atoms with Crippen LogP contribution < -0.4 is 0 Å². The van der Waals surface area contributed by atoms with Gasteiger partial charge >= 0.3 is 0 Å². The van der Waals surface area contributed by atoms with Gasteiger partial charge in [-0.15, -0.1) is 0 Å². The molecule has 12 rings (SSSR count). The molecule has 0 amide bonds. The molecule has 1 nitrogen and oxygen atoms in total. The molecule has 0 radical (unpaired) electrons. The van der Waals surface area contributed by atoms with Crippen molar-refractivity contribution in [3.05, 3.63) is 234 Å². The lowest BCUT2D eigenvalue weighted by Gasteiger charge is -2.30. The molecule has 0 fully saturated rings. The van der Waals surface area contributed by atoms with E-state index in [1.54, 1.807) is 0 Å². The molecule has 1 heterocycles. The highest BCUT2D eigenvalue weighted by molar-refractivity contribution is 6.19. The SMILES string of the molecule is CC1C/C=C2\C=CC=CC2[C@H](C)CCC(c2ccc(C3CCc4cc5c(cc4-c4ccccc43)c3ccc4ccccc4c3n5-c3ccccc3)c3ccccc23)=C1c1ccccc1. The number of aryl methyl sites for hydroxylation is 1. The minimum atomic E-state index is 0.249. The van der Waals surface area contributed by atoms with Crippen molar-refractivity contribution in [2.45, 2.75) is 51.9 Å². The third-order valence-corrected chi connectivity index (χ3v) is 15.1. The normalized spacial score (nSPS) is 20.8. The summed E-state index contributed by atoms with van der Waals surface area (Å²) in [6.07, 6.45) is 17.0. The first-order chi connectivity index (χ1) is 31.6. The van der Waals surface area contributed by atoms with Crippen molar-refractivity contribution in [3.8, 4) is 16.8 Å². The Labute approximate surface area is 377 Å². The molecule has 1 heteroatoms. The number of rotatable bonds is 4. The summed E-state index contributed by atoms with van der Waals surface area (Å²) in [5.41, 5.74) is 18.0. The Balaban J connectivity index is 1.02. The monoisotopic (exact) mass is 823 g/mol. The lowest BCUT2D eigenvalue weighted by Crippen LogP contribution is -2.15. The Bertz CT molecular complexity index is 3390. The summed E-state index contributed by atoms with van der Waals surface area (Å²) in [7, 11) is 0. The van der Waals surface area contributed by atoms with Gasteiger partial charge in [-0.2, -0.15) is 0 Å². The van der Waals surface area contributed by atoms with E-state index in [1.807, 2.05) is 0 Å². The number of fused-ring (bicyclic) bond motifs is 10. The van der Waals surface area contributed by atoms with Crippen LogP contribution in [0.1, 0.15) is 73.3 Å². The molecule has 0 bridgehead atoms. The van der Waals surface area contributed by atoms with Crippen LogP contribution in [0.4, 0.5) is 0 Å². The lowest BCUT2D eigenvalue weighted by molar-refractivity contribution is 0.452. The molecule has 4 atom stereocenters. The minimum Gasteiger partial charge on any atom is -0.309 e. The van der Waals surface area contributed by atoms with Gasteiger partial charge in [0, 0.05) is 33.7 Å². The van der Waals surface area contributed by atoms with Crippen LogP contribution in [0.5, 0.6) is 0 Å². The number of allylic oxidation sites excluding steroid dienone is 8. The molecule has 0 saturated heterocycles. The van der Waals surface area contributed by atoms with Crippen LogP contribution in [-0.4, -0.2) is 4.57 Å². The third kappa shape index (κ3) is 6.44. The zero-order valence-electron chi connectivity index (χ0n) is 36.8. The fourth-order valence-electron chi connectivity index (χ4n) is 11.9. The molecule has 64 heavy (non-hydrogen) atoms. The summed E-state index contributed by atoms with van der Waals surface area (Å²) < 4.78 is 2.52. The van der Waals surface area contributed by atoms with Gasteiger partial charge in [-0.05, 0) is 140 Å². The van der Waals surface area contributed by atoms with Crippen molar-refractivity contribution in [2.24, 2.45) is 17.8 Å². The van der Waals surface area contributed by atoms with Crippen LogP contribution in [0.2, 0.25) is 0 Å². The highest BCUT2D eigenvalue weighted by Crippen LogP contribution is 2.49. The second kappa shape index (κ2) is 16.0. The average molecular weight is 824 g/mol. The van der Waals surface area contributed by atoms with Crippen LogP contribution in [0.25, 0.3) is 71.3 Å². The quantitative estimate of drug-likeness (QED) is 0.167. The summed E-state index contributed by atoms with van der Waals surface area (Å²) in [6.45, 7) is 4.92. The number of hydrogen-bond donors (Lipinski definition) is 0. The smallest absolute Gasteiger partial charge is 0.0619 e. The van der Waals surface area contributed by atoms with E-state index in [1.165, 1.54) is 105 Å². The Morgan fingerprint density at radius 1 is 0.531 bits per heavy atom. The Hall–Kier alpha value is -6.96. The summed E-state index contributed by atoms with van der Waals surface area (Å²) in [6, 6.07) is 64.5. The van der Waals surface area contributed by atoms with Crippen LogP contribution in [0.15, 0.2) is 206 Å². The summed E-state index contributed by atoms with van der Waals surface area (Å²) in [5, 5.41) is 7.92. The predicted molar refractivity (Wildman–Crippen MR) is 273 cm³/mol. The maximum atomic E-state index is 2.54. The average Bonchev–Trinajstić information content (AvgIpc) is 3.59. The van der Waals surface area contributed by atoms with E-state index in [4.69, 9.17) is 0 Å². The molecule has 0 aliphatic heterocycles. The molecule has 310 valence electrons. The number of aromatic nitrogens is 1. The molecule has 0 spiro atoms. The van der Waals surface area contributed by atoms with E-state index >= 15 is 0 Å². The maximum Gasteiger partial charge on any atom is 0.0619 e. The number of nitrogens with zero attached hydrogens (tertiary/aromatic N) is 1. The molecule has 0 saturated carbocycles. The molecule has 3 aliphatic rings. The van der Waals surface area contributed by atoms with E-state index in [0.29, 0.717) is 17.8 Å². The minimum absolute atomic E-state index is 0.249. The van der Waals surface area contributed by atoms with Gasteiger partial charge in [0.1, 0.15) is 0 Å². The number of benzene rings is 8. The summed E-state index contributed by atoms with van der Waals surface area (Å²) >= 11 is 0. The van der Waals surface area contributed by atoms with Gasteiger partial charge in [0.15, 0.2) is 0 Å². The van der Waals surface area contributed by atoms with Gasteiger partial charge in [0.25, 0.3) is 0 Å². The van der Waals surface area contributed by atoms with E-state index in [2.05, 4.69) is 219 Å². The largest absolute Gasteiger partial charge is 0.309 e. The maximum absolute atomic E-state index is 2.54. The summed E-state index contributed by atoms with van der Waals surface area (Å²) in [5.74, 6) is 1.62. The fourth-order valence-corrected chi connectivity index (χ4v) is 11.9. The molecule has 9 aromatic rings. The van der Waals surface area contributed by atoms with Crippen molar-refractivity contribution in [1.82, 2.24) is 4.57 Å². The predicted octanol–water partition coefficient (Wildman–Crippen LogP) is 16.9. The Morgan fingerprint density at radius 3 is 2.14 bits per heavy atom. The van der Waals surface area contributed by atoms with Crippen LogP contribution in [-0.2, 0) is 6.42 Å². The van der Waals surface area contributed by atoms with Gasteiger partial charge in [-0.25, -0.2) is 0 Å². The van der Waals surface area contributed by atoms with Gasteiger partial charge < -0.3 is 4.57 Å². The first kappa shape index (κ1) is 38.7. The zero-order chi connectivity index (χ0) is 42.7. The van der Waals surface area contributed by atoms with Gasteiger partial charge in [-0.3, -0.25) is 0 Å². The molecule has 3 unspecified atom stereocenters. The van der Waals surface area contributed by atoms with Gasteiger partial charge in [0.2, 0.25) is 0 Å². The van der Waals surface area contributed by atoms with Gasteiger partial charge in [0.05, 0.1) is 11.0 Å². The Morgan fingerprint density at radius 2 is 1.28 bits per heavy atom.